The summed E-state index contributed by atoms with van der Waals surface area (Å²) in [5.41, 5.74) is 0. The van der Waals surface area contributed by atoms with Crippen molar-refractivity contribution < 1.29 is 80.2 Å². The molecular weight excluding hydrogens is 1370 g/mol. The summed E-state index contributed by atoms with van der Waals surface area (Å²) in [6, 6.07) is 0. The molecule has 8 atom stereocenters. The first-order chi connectivity index (χ1) is 50.7. The molecule has 0 saturated heterocycles. The third-order valence-electron chi connectivity index (χ3n) is 21.2. The van der Waals surface area contributed by atoms with Crippen LogP contribution in [0.4, 0.5) is 0 Å². The van der Waals surface area contributed by atoms with Crippen molar-refractivity contribution in [3.05, 3.63) is 0 Å². The minimum atomic E-state index is -4.96. The Morgan fingerprint density at radius 1 is 0.267 bits per heavy atom. The first-order valence-corrected chi connectivity index (χ1v) is 47.3. The summed E-state index contributed by atoms with van der Waals surface area (Å²) in [5.74, 6) is 1.08. The van der Waals surface area contributed by atoms with Gasteiger partial charge in [0.15, 0.2) is 12.2 Å². The minimum absolute atomic E-state index is 0.105. The maximum absolute atomic E-state index is 13.1. The van der Waals surface area contributed by atoms with Crippen LogP contribution in [0.3, 0.4) is 0 Å². The van der Waals surface area contributed by atoms with E-state index in [2.05, 4.69) is 55.4 Å². The quantitative estimate of drug-likeness (QED) is 0.0222. The maximum Gasteiger partial charge on any atom is 0.472 e. The number of aliphatic hydroxyl groups is 1. The number of rotatable bonds is 83. The Balaban J connectivity index is 5.15. The standard InChI is InChI=1S/C86H168O17P2/c1-9-77(6)63-55-47-39-33-29-25-21-17-13-15-19-23-27-31-35-42-52-60-68-85(90)102-82(73-97-84(89)67-59-51-45-44-49-57-65-79(8)11-3)75-101-105(94,95)99-71-80(87)70-98-104(92,93)100-74-81(103-86(91)69-61-53-43-37-36-40-48-56-64-78(7)10-2)72-96-83(88)66-58-50-41-34-30-26-22-18-14-12-16-20-24-28-32-38-46-54-62-76(4)5/h76-82,87H,9-75H2,1-8H3,(H,92,93)(H,94,95)/t77?,78?,79?,80-,81-,82-/m1/s1. The van der Waals surface area contributed by atoms with Gasteiger partial charge in [-0.1, -0.05) is 396 Å². The Labute approximate surface area is 645 Å². The molecule has 17 nitrogen and oxygen atoms in total. The van der Waals surface area contributed by atoms with E-state index in [0.29, 0.717) is 25.7 Å². The van der Waals surface area contributed by atoms with Crippen LogP contribution in [0.25, 0.3) is 0 Å². The summed E-state index contributed by atoms with van der Waals surface area (Å²) >= 11 is 0. The number of phosphoric ester groups is 2. The highest BCUT2D eigenvalue weighted by Crippen LogP contribution is 2.45. The van der Waals surface area contributed by atoms with Crippen LogP contribution in [0.15, 0.2) is 0 Å². The number of carbonyl (C=O) groups excluding carboxylic acids is 4. The smallest absolute Gasteiger partial charge is 0.462 e. The molecule has 0 aliphatic carbocycles. The summed E-state index contributed by atoms with van der Waals surface area (Å²) in [4.78, 5) is 73.1. The van der Waals surface area contributed by atoms with Crippen molar-refractivity contribution in [3.8, 4) is 0 Å². The predicted molar refractivity (Wildman–Crippen MR) is 432 cm³/mol. The second-order valence-corrected chi connectivity index (χ2v) is 35.0. The number of unbranched alkanes of at least 4 members (excludes halogenated alkanes) is 46. The van der Waals surface area contributed by atoms with Gasteiger partial charge >= 0.3 is 39.5 Å². The fraction of sp³-hybridized carbons (Fsp3) is 0.953. The summed E-state index contributed by atoms with van der Waals surface area (Å²) < 4.78 is 68.8. The van der Waals surface area contributed by atoms with E-state index in [-0.39, 0.29) is 25.7 Å². The van der Waals surface area contributed by atoms with E-state index >= 15 is 0 Å². The van der Waals surface area contributed by atoms with Crippen LogP contribution in [0.1, 0.15) is 447 Å². The number of carbonyl (C=O) groups is 4. The van der Waals surface area contributed by atoms with Gasteiger partial charge in [0.1, 0.15) is 19.3 Å². The Kier molecular flexibility index (Phi) is 73.4. The van der Waals surface area contributed by atoms with Crippen molar-refractivity contribution >= 4 is 39.5 Å². The minimum Gasteiger partial charge on any atom is -0.462 e. The monoisotopic (exact) mass is 1540 g/mol. The average Bonchev–Trinajstić information content (AvgIpc) is 0.906. The molecule has 0 saturated carbocycles. The predicted octanol–water partition coefficient (Wildman–Crippen LogP) is 25.9. The third-order valence-corrected chi connectivity index (χ3v) is 23.1. The molecule has 624 valence electrons. The van der Waals surface area contributed by atoms with Gasteiger partial charge in [-0.2, -0.15) is 0 Å². The van der Waals surface area contributed by atoms with Gasteiger partial charge in [-0.05, 0) is 49.4 Å². The van der Waals surface area contributed by atoms with Crippen LogP contribution in [0, 0.1) is 23.7 Å². The second kappa shape index (κ2) is 74.8. The number of hydrogen-bond donors (Lipinski definition) is 3. The summed E-state index contributed by atoms with van der Waals surface area (Å²) in [6.07, 6.45) is 64.0. The SMILES string of the molecule is CCC(C)CCCCCCCCCCCCCCCCCCCCC(=O)O[C@H](COC(=O)CCCCCCCCC(C)CC)COP(=O)(O)OC[C@H](O)COP(=O)(O)OC[C@@H](COC(=O)CCCCCCCCCCCCCCCCCCCCC(C)C)OC(=O)CCCCCCCCCCC(C)CC. The lowest BCUT2D eigenvalue weighted by Gasteiger charge is -2.21. The number of ether oxygens (including phenoxy) is 4. The molecule has 19 heteroatoms. The van der Waals surface area contributed by atoms with Crippen molar-refractivity contribution in [2.45, 2.75) is 465 Å². The Morgan fingerprint density at radius 2 is 0.457 bits per heavy atom. The third kappa shape index (κ3) is 75.9. The lowest BCUT2D eigenvalue weighted by atomic mass is 9.99. The van der Waals surface area contributed by atoms with Gasteiger partial charge in [0.05, 0.1) is 26.4 Å². The van der Waals surface area contributed by atoms with E-state index < -0.39 is 97.5 Å². The second-order valence-electron chi connectivity index (χ2n) is 32.1. The van der Waals surface area contributed by atoms with E-state index in [4.69, 9.17) is 37.0 Å². The Morgan fingerprint density at radius 3 is 0.676 bits per heavy atom. The molecule has 0 spiro atoms. The number of hydrogen-bond acceptors (Lipinski definition) is 15. The lowest BCUT2D eigenvalue weighted by Crippen LogP contribution is -2.30. The van der Waals surface area contributed by atoms with Crippen molar-refractivity contribution in [3.63, 3.8) is 0 Å². The first-order valence-electron chi connectivity index (χ1n) is 44.3. The maximum atomic E-state index is 13.1. The number of esters is 4. The van der Waals surface area contributed by atoms with Gasteiger partial charge in [-0.15, -0.1) is 0 Å². The zero-order valence-corrected chi connectivity index (χ0v) is 71.2. The highest BCUT2D eigenvalue weighted by atomic mass is 31.2. The zero-order valence-electron chi connectivity index (χ0n) is 69.4. The van der Waals surface area contributed by atoms with Crippen molar-refractivity contribution in [1.29, 1.82) is 0 Å². The highest BCUT2D eigenvalue weighted by Gasteiger charge is 2.31. The van der Waals surface area contributed by atoms with Crippen LogP contribution in [-0.4, -0.2) is 96.7 Å². The van der Waals surface area contributed by atoms with Gasteiger partial charge in [0.25, 0.3) is 0 Å². The molecule has 0 bridgehead atoms. The molecule has 0 aromatic rings. The molecule has 0 radical (unpaired) electrons. The fourth-order valence-electron chi connectivity index (χ4n) is 13.2. The first kappa shape index (κ1) is 103. The molecule has 0 aliphatic heterocycles. The zero-order chi connectivity index (χ0) is 77.4. The van der Waals surface area contributed by atoms with Crippen molar-refractivity contribution in [1.82, 2.24) is 0 Å². The topological polar surface area (TPSA) is 237 Å². The Bertz CT molecular complexity index is 2050. The summed E-state index contributed by atoms with van der Waals surface area (Å²) in [7, 11) is -9.93. The molecular formula is C86H168O17P2. The molecule has 0 aliphatic rings. The van der Waals surface area contributed by atoms with Crippen LogP contribution in [0.5, 0.6) is 0 Å². The van der Waals surface area contributed by atoms with E-state index in [9.17, 15) is 43.2 Å². The van der Waals surface area contributed by atoms with Crippen LogP contribution in [-0.2, 0) is 65.4 Å². The molecule has 3 N–H and O–H groups in total. The van der Waals surface area contributed by atoms with Crippen molar-refractivity contribution in [2.24, 2.45) is 23.7 Å². The molecule has 5 unspecified atom stereocenters. The number of aliphatic hydroxyl groups excluding tert-OH is 1. The van der Waals surface area contributed by atoms with E-state index in [1.807, 2.05) is 0 Å². The molecule has 0 heterocycles. The summed E-state index contributed by atoms with van der Waals surface area (Å²) in [6.45, 7) is 14.3. The highest BCUT2D eigenvalue weighted by molar-refractivity contribution is 7.47. The largest absolute Gasteiger partial charge is 0.472 e. The number of phosphoric acid groups is 2. The van der Waals surface area contributed by atoms with Gasteiger partial charge in [0, 0.05) is 25.7 Å². The fourth-order valence-corrected chi connectivity index (χ4v) is 14.8. The van der Waals surface area contributed by atoms with Gasteiger partial charge in [-0.25, -0.2) is 9.13 Å². The van der Waals surface area contributed by atoms with Gasteiger partial charge < -0.3 is 33.8 Å². The van der Waals surface area contributed by atoms with E-state index in [1.54, 1.807) is 0 Å². The molecule has 0 aromatic heterocycles. The van der Waals surface area contributed by atoms with Crippen LogP contribution in [0.2, 0.25) is 0 Å². The van der Waals surface area contributed by atoms with Crippen LogP contribution >= 0.6 is 15.6 Å². The van der Waals surface area contributed by atoms with Gasteiger partial charge in [0.2, 0.25) is 0 Å². The van der Waals surface area contributed by atoms with E-state index in [1.165, 1.54) is 244 Å². The molecule has 0 aromatic carbocycles. The molecule has 0 fully saturated rings. The molecule has 105 heavy (non-hydrogen) atoms. The average molecular weight is 1540 g/mol. The van der Waals surface area contributed by atoms with Gasteiger partial charge in [-0.3, -0.25) is 37.3 Å². The Hall–Kier alpha value is -1.94. The normalized spacial score (nSPS) is 14.7. The lowest BCUT2D eigenvalue weighted by molar-refractivity contribution is -0.161. The molecule has 0 amide bonds. The molecule has 0 rings (SSSR count). The van der Waals surface area contributed by atoms with E-state index in [0.717, 1.165) is 120 Å². The van der Waals surface area contributed by atoms with Crippen LogP contribution < -0.4 is 0 Å². The van der Waals surface area contributed by atoms with Crippen molar-refractivity contribution in [2.75, 3.05) is 39.6 Å². The summed E-state index contributed by atoms with van der Waals surface area (Å²) in [5, 5.41) is 10.7.